The number of hydrogen-bond donors (Lipinski definition) is 0. The van der Waals surface area contributed by atoms with Gasteiger partial charge < -0.3 is 4.74 Å². The lowest BCUT2D eigenvalue weighted by Gasteiger charge is -2.33. The maximum Gasteiger partial charge on any atom is 0.159 e. The first-order valence-electron chi connectivity index (χ1n) is 3.18. The number of halogens is 1. The van der Waals surface area contributed by atoms with Crippen LogP contribution in [0.2, 0.25) is 0 Å². The molecule has 0 aromatic carbocycles. The highest BCUT2D eigenvalue weighted by Gasteiger charge is 2.40. The van der Waals surface area contributed by atoms with Crippen LogP contribution in [0.25, 0.3) is 0 Å². The number of azo groups is 1. The van der Waals surface area contributed by atoms with Crippen LogP contribution in [0.3, 0.4) is 0 Å². The molecule has 0 radical (unpaired) electrons. The fourth-order valence-corrected chi connectivity index (χ4v) is 1.63. The fraction of sp³-hybridized carbons (Fsp3) is 0.667. The largest absolute Gasteiger partial charge is 0.380 e. The Kier molecular flexibility index (Phi) is 1.52. The highest BCUT2D eigenvalue weighted by atomic mass is 127. The van der Waals surface area contributed by atoms with Gasteiger partial charge in [-0.1, -0.05) is 0 Å². The first kappa shape index (κ1) is 6.72. The summed E-state index contributed by atoms with van der Waals surface area (Å²) in [5.74, 6) is 0.538. The molecule has 3 nitrogen and oxygen atoms in total. The van der Waals surface area contributed by atoms with Gasteiger partial charge in [-0.15, -0.1) is 0 Å². The number of ether oxygens (including phenoxy) is 1. The summed E-state index contributed by atoms with van der Waals surface area (Å²) >= 11 is 2.32. The summed E-state index contributed by atoms with van der Waals surface area (Å²) in [7, 11) is 0. The van der Waals surface area contributed by atoms with E-state index in [2.05, 4.69) is 32.8 Å². The standard InChI is InChI=1S/C6H7IN2O/c7-6(1-2-8-9-6)5-3-10-4-5/h1-2,5H,3-4H2. The molecule has 0 aliphatic carbocycles. The molecule has 0 aromatic rings. The van der Waals surface area contributed by atoms with E-state index in [4.69, 9.17) is 4.74 Å². The summed E-state index contributed by atoms with van der Waals surface area (Å²) in [6, 6.07) is 0. The Balaban J connectivity index is 2.13. The molecule has 1 fully saturated rings. The minimum Gasteiger partial charge on any atom is -0.380 e. The second kappa shape index (κ2) is 2.27. The van der Waals surface area contributed by atoms with Crippen molar-refractivity contribution in [2.45, 2.75) is 3.55 Å². The molecule has 54 valence electrons. The first-order valence-corrected chi connectivity index (χ1v) is 4.25. The summed E-state index contributed by atoms with van der Waals surface area (Å²) in [6.45, 7) is 1.65. The van der Waals surface area contributed by atoms with Crippen LogP contribution in [-0.4, -0.2) is 16.8 Å². The van der Waals surface area contributed by atoms with Crippen molar-refractivity contribution in [1.29, 1.82) is 0 Å². The van der Waals surface area contributed by atoms with Gasteiger partial charge >= 0.3 is 0 Å². The van der Waals surface area contributed by atoms with E-state index in [9.17, 15) is 0 Å². The molecule has 1 atom stereocenters. The van der Waals surface area contributed by atoms with Crippen molar-refractivity contribution in [2.24, 2.45) is 16.1 Å². The molecule has 1 saturated heterocycles. The van der Waals surface area contributed by atoms with E-state index in [0.717, 1.165) is 13.2 Å². The van der Waals surface area contributed by atoms with Gasteiger partial charge in [-0.05, 0) is 28.7 Å². The molecule has 0 amide bonds. The monoisotopic (exact) mass is 250 g/mol. The lowest BCUT2D eigenvalue weighted by Crippen LogP contribution is -2.41. The van der Waals surface area contributed by atoms with Crippen LogP contribution in [0.5, 0.6) is 0 Å². The molecule has 1 unspecified atom stereocenters. The maximum atomic E-state index is 5.07. The van der Waals surface area contributed by atoms with Crippen molar-refractivity contribution in [3.05, 3.63) is 12.3 Å². The van der Waals surface area contributed by atoms with E-state index < -0.39 is 0 Å². The molecule has 0 bridgehead atoms. The van der Waals surface area contributed by atoms with Gasteiger partial charge in [0.1, 0.15) is 0 Å². The third kappa shape index (κ3) is 0.897. The smallest absolute Gasteiger partial charge is 0.159 e. The van der Waals surface area contributed by atoms with Crippen LogP contribution in [0, 0.1) is 5.92 Å². The summed E-state index contributed by atoms with van der Waals surface area (Å²) < 4.78 is 4.98. The second-order valence-electron chi connectivity index (χ2n) is 2.49. The average Bonchev–Trinajstić information content (AvgIpc) is 2.09. The first-order chi connectivity index (χ1) is 4.81. The van der Waals surface area contributed by atoms with Crippen molar-refractivity contribution in [2.75, 3.05) is 13.2 Å². The lowest BCUT2D eigenvalue weighted by atomic mass is 9.99. The number of nitrogens with zero attached hydrogens (tertiary/aromatic N) is 2. The van der Waals surface area contributed by atoms with Gasteiger partial charge in [0.2, 0.25) is 0 Å². The quantitative estimate of drug-likeness (QED) is 0.396. The molecule has 2 aliphatic rings. The van der Waals surface area contributed by atoms with Crippen LogP contribution in [0.4, 0.5) is 0 Å². The Morgan fingerprint density at radius 2 is 2.40 bits per heavy atom. The Labute approximate surface area is 72.7 Å². The third-order valence-electron chi connectivity index (χ3n) is 1.80. The predicted octanol–water partition coefficient (Wildman–Crippen LogP) is 1.74. The average molecular weight is 250 g/mol. The van der Waals surface area contributed by atoms with Crippen molar-refractivity contribution in [1.82, 2.24) is 0 Å². The molecule has 0 aromatic heterocycles. The van der Waals surface area contributed by atoms with E-state index in [1.165, 1.54) is 0 Å². The fourth-order valence-electron chi connectivity index (χ4n) is 0.980. The molecule has 2 aliphatic heterocycles. The van der Waals surface area contributed by atoms with Gasteiger partial charge in [0.25, 0.3) is 0 Å². The van der Waals surface area contributed by atoms with Gasteiger partial charge in [0, 0.05) is 12.1 Å². The molecule has 0 N–H and O–H groups in total. The number of rotatable bonds is 1. The van der Waals surface area contributed by atoms with Crippen LogP contribution in [0.15, 0.2) is 22.5 Å². The molecular formula is C6H7IN2O. The number of hydrogen-bond acceptors (Lipinski definition) is 3. The zero-order valence-corrected chi connectivity index (χ0v) is 7.48. The van der Waals surface area contributed by atoms with Crippen LogP contribution in [-0.2, 0) is 4.74 Å². The molecule has 2 rings (SSSR count). The molecule has 2 heterocycles. The van der Waals surface area contributed by atoms with Crippen molar-refractivity contribution in [3.63, 3.8) is 0 Å². The summed E-state index contributed by atoms with van der Waals surface area (Å²) in [5.41, 5.74) is 0. The van der Waals surface area contributed by atoms with Crippen LogP contribution < -0.4 is 0 Å². The van der Waals surface area contributed by atoms with Crippen molar-refractivity contribution < 1.29 is 4.74 Å². The topological polar surface area (TPSA) is 34.0 Å². The van der Waals surface area contributed by atoms with E-state index >= 15 is 0 Å². The maximum absolute atomic E-state index is 5.07. The van der Waals surface area contributed by atoms with Gasteiger partial charge in [0.05, 0.1) is 13.2 Å². The van der Waals surface area contributed by atoms with Crippen molar-refractivity contribution in [3.8, 4) is 0 Å². The molecule has 0 spiro atoms. The minimum absolute atomic E-state index is 0.0873. The second-order valence-corrected chi connectivity index (χ2v) is 4.22. The zero-order valence-electron chi connectivity index (χ0n) is 5.33. The molecular weight excluding hydrogens is 243 g/mol. The SMILES string of the molecule is IC1(C2COC2)C=CN=N1. The Morgan fingerprint density at radius 1 is 1.60 bits per heavy atom. The van der Waals surface area contributed by atoms with E-state index in [0.29, 0.717) is 5.92 Å². The molecule has 0 saturated carbocycles. The third-order valence-corrected chi connectivity index (χ3v) is 3.25. The highest BCUT2D eigenvalue weighted by molar-refractivity contribution is 14.1. The number of alkyl halides is 1. The van der Waals surface area contributed by atoms with E-state index in [1.54, 1.807) is 6.20 Å². The Hall–Kier alpha value is 0.0300. The van der Waals surface area contributed by atoms with E-state index in [-0.39, 0.29) is 3.55 Å². The van der Waals surface area contributed by atoms with Crippen LogP contribution >= 0.6 is 22.6 Å². The zero-order chi connectivity index (χ0) is 7.03. The van der Waals surface area contributed by atoms with Gasteiger partial charge in [0.15, 0.2) is 3.55 Å². The van der Waals surface area contributed by atoms with Crippen molar-refractivity contribution >= 4 is 22.6 Å². The Bertz CT molecular complexity index is 186. The van der Waals surface area contributed by atoms with E-state index in [1.807, 2.05) is 6.08 Å². The minimum atomic E-state index is -0.0873. The highest BCUT2D eigenvalue weighted by Crippen LogP contribution is 2.38. The van der Waals surface area contributed by atoms with Crippen LogP contribution in [0.1, 0.15) is 0 Å². The molecule has 4 heteroatoms. The summed E-state index contributed by atoms with van der Waals surface area (Å²) in [5, 5.41) is 7.93. The van der Waals surface area contributed by atoms with Gasteiger partial charge in [-0.2, -0.15) is 10.2 Å². The molecule has 10 heavy (non-hydrogen) atoms. The summed E-state index contributed by atoms with van der Waals surface area (Å²) in [6.07, 6.45) is 3.78. The lowest BCUT2D eigenvalue weighted by molar-refractivity contribution is -0.0395. The normalized spacial score (nSPS) is 38.5. The van der Waals surface area contributed by atoms with Gasteiger partial charge in [-0.3, -0.25) is 0 Å². The predicted molar refractivity (Wildman–Crippen MR) is 45.1 cm³/mol. The summed E-state index contributed by atoms with van der Waals surface area (Å²) in [4.78, 5) is 0. The van der Waals surface area contributed by atoms with Gasteiger partial charge in [-0.25, -0.2) is 0 Å². The Morgan fingerprint density at radius 3 is 2.80 bits per heavy atom.